The van der Waals surface area contributed by atoms with Crippen molar-refractivity contribution in [3.05, 3.63) is 18.0 Å². The topological polar surface area (TPSA) is 68.0 Å². The van der Waals surface area contributed by atoms with E-state index in [0.717, 1.165) is 16.0 Å². The molecular weight excluding hydrogens is 250 g/mol. The fourth-order valence-corrected chi connectivity index (χ4v) is 2.73. The molecule has 0 radical (unpaired) electrons. The molecule has 5 nitrogen and oxygen atoms in total. The first-order valence-electron chi connectivity index (χ1n) is 5.67. The highest BCUT2D eigenvalue weighted by atomic mass is 32.2. The van der Waals surface area contributed by atoms with Gasteiger partial charge in [-0.25, -0.2) is 9.78 Å². The van der Waals surface area contributed by atoms with Crippen molar-refractivity contribution < 1.29 is 9.90 Å². The van der Waals surface area contributed by atoms with Crippen LogP contribution in [-0.2, 0) is 7.05 Å². The van der Waals surface area contributed by atoms with E-state index in [9.17, 15) is 9.90 Å². The van der Waals surface area contributed by atoms with Gasteiger partial charge < -0.3 is 5.11 Å². The van der Waals surface area contributed by atoms with Crippen LogP contribution in [-0.4, -0.2) is 31.6 Å². The van der Waals surface area contributed by atoms with Crippen LogP contribution in [0.5, 0.6) is 0 Å². The van der Waals surface area contributed by atoms with Gasteiger partial charge in [-0.1, -0.05) is 13.8 Å². The van der Waals surface area contributed by atoms with Gasteiger partial charge in [0.1, 0.15) is 0 Å². The van der Waals surface area contributed by atoms with Crippen molar-refractivity contribution in [3.63, 3.8) is 0 Å². The molecular formula is C12H15N3O2S. The number of aromatic nitrogens is 3. The SMILES string of the molecule is CC(C)CSc1c(C(=O)O)cnc2c1cnn2C. The lowest BCUT2D eigenvalue weighted by atomic mass is 10.2. The number of hydrogen-bond donors (Lipinski definition) is 1. The van der Waals surface area contributed by atoms with Gasteiger partial charge in [-0.15, -0.1) is 11.8 Å². The third-order valence-electron chi connectivity index (χ3n) is 2.50. The van der Waals surface area contributed by atoms with Gasteiger partial charge in [-0.05, 0) is 5.92 Å². The number of aromatic carboxylic acids is 1. The third kappa shape index (κ3) is 2.33. The van der Waals surface area contributed by atoms with Crippen molar-refractivity contribution >= 4 is 28.8 Å². The predicted octanol–water partition coefficient (Wildman–Crippen LogP) is 2.41. The van der Waals surface area contributed by atoms with Crippen LogP contribution < -0.4 is 0 Å². The van der Waals surface area contributed by atoms with E-state index in [2.05, 4.69) is 23.9 Å². The summed E-state index contributed by atoms with van der Waals surface area (Å²) < 4.78 is 1.65. The fraction of sp³-hybridized carbons (Fsp3) is 0.417. The predicted molar refractivity (Wildman–Crippen MR) is 71.0 cm³/mol. The lowest BCUT2D eigenvalue weighted by Gasteiger charge is -2.08. The maximum absolute atomic E-state index is 11.2. The summed E-state index contributed by atoms with van der Waals surface area (Å²) in [5.41, 5.74) is 0.965. The van der Waals surface area contributed by atoms with Crippen molar-refractivity contribution in [1.29, 1.82) is 0 Å². The van der Waals surface area contributed by atoms with E-state index >= 15 is 0 Å². The van der Waals surface area contributed by atoms with Gasteiger partial charge in [0.05, 0.1) is 17.1 Å². The minimum Gasteiger partial charge on any atom is -0.478 e. The van der Waals surface area contributed by atoms with E-state index in [4.69, 9.17) is 0 Å². The molecule has 2 aromatic heterocycles. The molecule has 0 amide bonds. The number of thioether (sulfide) groups is 1. The first-order chi connectivity index (χ1) is 8.50. The first-order valence-corrected chi connectivity index (χ1v) is 6.66. The zero-order chi connectivity index (χ0) is 13.3. The minimum atomic E-state index is -0.945. The summed E-state index contributed by atoms with van der Waals surface area (Å²) in [4.78, 5) is 16.2. The van der Waals surface area contributed by atoms with Crippen LogP contribution in [0.3, 0.4) is 0 Å². The highest BCUT2D eigenvalue weighted by Crippen LogP contribution is 2.31. The van der Waals surface area contributed by atoms with Crippen LogP contribution in [0.15, 0.2) is 17.3 Å². The van der Waals surface area contributed by atoms with Crippen LogP contribution in [0.2, 0.25) is 0 Å². The van der Waals surface area contributed by atoms with Gasteiger partial charge in [0.15, 0.2) is 5.65 Å². The zero-order valence-corrected chi connectivity index (χ0v) is 11.4. The number of carboxylic acids is 1. The van der Waals surface area contributed by atoms with Gasteiger partial charge >= 0.3 is 5.97 Å². The van der Waals surface area contributed by atoms with Crippen molar-refractivity contribution in [1.82, 2.24) is 14.8 Å². The molecule has 0 fully saturated rings. The summed E-state index contributed by atoms with van der Waals surface area (Å²) in [6.45, 7) is 4.21. The first kappa shape index (κ1) is 12.9. The number of rotatable bonds is 4. The van der Waals surface area contributed by atoms with Gasteiger partial charge in [0.2, 0.25) is 0 Å². The number of carboxylic acid groups (broad SMARTS) is 1. The zero-order valence-electron chi connectivity index (χ0n) is 10.5. The highest BCUT2D eigenvalue weighted by molar-refractivity contribution is 7.99. The molecule has 2 rings (SSSR count). The van der Waals surface area contributed by atoms with Crippen LogP contribution in [0.1, 0.15) is 24.2 Å². The Morgan fingerprint density at radius 2 is 2.22 bits per heavy atom. The Hall–Kier alpha value is -1.56. The Kier molecular flexibility index (Phi) is 3.56. The summed E-state index contributed by atoms with van der Waals surface area (Å²) >= 11 is 1.55. The molecule has 0 atom stereocenters. The van der Waals surface area contributed by atoms with E-state index in [0.29, 0.717) is 11.6 Å². The van der Waals surface area contributed by atoms with Gasteiger partial charge in [0.25, 0.3) is 0 Å². The number of fused-ring (bicyclic) bond motifs is 1. The second-order valence-electron chi connectivity index (χ2n) is 4.52. The maximum Gasteiger partial charge on any atom is 0.338 e. The smallest absolute Gasteiger partial charge is 0.338 e. The number of hydrogen-bond acceptors (Lipinski definition) is 4. The molecule has 96 valence electrons. The average molecular weight is 265 g/mol. The quantitative estimate of drug-likeness (QED) is 0.860. The van der Waals surface area contributed by atoms with Crippen LogP contribution in [0, 0.1) is 5.92 Å². The van der Waals surface area contributed by atoms with Crippen molar-refractivity contribution in [2.24, 2.45) is 13.0 Å². The second kappa shape index (κ2) is 4.97. The molecule has 0 saturated heterocycles. The molecule has 6 heteroatoms. The molecule has 0 bridgehead atoms. The van der Waals surface area contributed by atoms with Crippen molar-refractivity contribution in [3.8, 4) is 0 Å². The Bertz CT molecular complexity index is 592. The molecule has 0 aliphatic heterocycles. The van der Waals surface area contributed by atoms with Crippen LogP contribution >= 0.6 is 11.8 Å². The van der Waals surface area contributed by atoms with E-state index in [1.54, 1.807) is 29.7 Å². The fourth-order valence-electron chi connectivity index (χ4n) is 1.63. The lowest BCUT2D eigenvalue weighted by molar-refractivity contribution is 0.0693. The average Bonchev–Trinajstić information content (AvgIpc) is 2.68. The summed E-state index contributed by atoms with van der Waals surface area (Å²) in [7, 11) is 1.80. The Morgan fingerprint density at radius 1 is 1.50 bits per heavy atom. The van der Waals surface area contributed by atoms with Gasteiger partial charge in [-0.3, -0.25) is 4.68 Å². The molecule has 18 heavy (non-hydrogen) atoms. The number of carbonyl (C=O) groups is 1. The van der Waals surface area contributed by atoms with E-state index < -0.39 is 5.97 Å². The normalized spacial score (nSPS) is 11.3. The maximum atomic E-state index is 11.2. The molecule has 0 aliphatic rings. The lowest BCUT2D eigenvalue weighted by Crippen LogP contribution is -2.03. The third-order valence-corrected chi connectivity index (χ3v) is 4.07. The van der Waals surface area contributed by atoms with Crippen LogP contribution in [0.25, 0.3) is 11.0 Å². The minimum absolute atomic E-state index is 0.251. The molecule has 2 aromatic rings. The van der Waals surface area contributed by atoms with Gasteiger partial charge in [-0.2, -0.15) is 5.10 Å². The van der Waals surface area contributed by atoms with E-state index in [-0.39, 0.29) is 5.56 Å². The summed E-state index contributed by atoms with van der Waals surface area (Å²) in [5, 5.41) is 14.2. The highest BCUT2D eigenvalue weighted by Gasteiger charge is 2.17. The Balaban J connectivity index is 2.55. The molecule has 0 unspecified atom stereocenters. The van der Waals surface area contributed by atoms with Crippen molar-refractivity contribution in [2.75, 3.05) is 5.75 Å². The second-order valence-corrected chi connectivity index (χ2v) is 5.55. The monoisotopic (exact) mass is 265 g/mol. The summed E-state index contributed by atoms with van der Waals surface area (Å²) in [6, 6.07) is 0. The number of nitrogens with zero attached hydrogens (tertiary/aromatic N) is 3. The molecule has 1 N–H and O–H groups in total. The molecule has 0 saturated carbocycles. The number of aryl methyl sites for hydroxylation is 1. The van der Waals surface area contributed by atoms with Gasteiger partial charge in [0, 0.05) is 23.9 Å². The molecule has 0 aliphatic carbocycles. The van der Waals surface area contributed by atoms with E-state index in [1.807, 2.05) is 0 Å². The largest absolute Gasteiger partial charge is 0.478 e. The Morgan fingerprint density at radius 3 is 2.83 bits per heavy atom. The van der Waals surface area contributed by atoms with E-state index in [1.165, 1.54) is 6.20 Å². The van der Waals surface area contributed by atoms with Crippen LogP contribution in [0.4, 0.5) is 0 Å². The number of pyridine rings is 1. The standard InChI is InChI=1S/C12H15N3O2S/c1-7(2)6-18-10-8-5-14-15(3)11(8)13-4-9(10)12(16)17/h4-5,7H,6H2,1-3H3,(H,16,17). The Labute approximate surface area is 109 Å². The van der Waals surface area contributed by atoms with Crippen molar-refractivity contribution in [2.45, 2.75) is 18.7 Å². The molecule has 0 aromatic carbocycles. The summed E-state index contributed by atoms with van der Waals surface area (Å²) in [5.74, 6) is 0.421. The molecule has 0 spiro atoms. The summed E-state index contributed by atoms with van der Waals surface area (Å²) in [6.07, 6.45) is 3.09. The molecule has 2 heterocycles.